The highest BCUT2D eigenvalue weighted by molar-refractivity contribution is 5.98. The van der Waals surface area contributed by atoms with Crippen LogP contribution in [0.25, 0.3) is 0 Å². The molecule has 0 radical (unpaired) electrons. The van der Waals surface area contributed by atoms with E-state index in [2.05, 4.69) is 5.32 Å². The van der Waals surface area contributed by atoms with Gasteiger partial charge in [0, 0.05) is 17.7 Å². The number of Topliss-reactive ketones (excluding diaryl/α,β-unsaturated/α-hetero) is 1. The Balaban J connectivity index is 1.81. The summed E-state index contributed by atoms with van der Waals surface area (Å²) in [6, 6.07) is 8.01. The number of carbonyl (C=O) groups excluding carboxylic acids is 3. The average molecular weight is 332 g/mol. The third-order valence-electron chi connectivity index (χ3n) is 2.88. The summed E-state index contributed by atoms with van der Waals surface area (Å²) in [6.07, 6.45) is 1.31. The number of nitro groups is 1. The van der Waals surface area contributed by atoms with Crippen molar-refractivity contribution in [3.8, 4) is 0 Å². The number of hydrogen-bond acceptors (Lipinski definition) is 7. The van der Waals surface area contributed by atoms with Crippen LogP contribution in [0.2, 0.25) is 0 Å². The van der Waals surface area contributed by atoms with Gasteiger partial charge in [-0.05, 0) is 12.1 Å². The molecule has 9 heteroatoms. The number of nitro benzene ring substituents is 1. The lowest BCUT2D eigenvalue weighted by atomic mass is 10.1. The van der Waals surface area contributed by atoms with E-state index in [1.54, 1.807) is 0 Å². The molecule has 1 amide bonds. The van der Waals surface area contributed by atoms with E-state index in [-0.39, 0.29) is 17.0 Å². The summed E-state index contributed by atoms with van der Waals surface area (Å²) >= 11 is 0. The van der Waals surface area contributed by atoms with E-state index < -0.39 is 35.7 Å². The molecule has 2 aromatic rings. The highest BCUT2D eigenvalue weighted by atomic mass is 16.6. The minimum absolute atomic E-state index is 0.0375. The van der Waals surface area contributed by atoms with Crippen molar-refractivity contribution < 1.29 is 28.5 Å². The zero-order valence-corrected chi connectivity index (χ0v) is 12.3. The standard InChI is InChI=1S/C15H12N2O7/c18-12(10-3-1-4-11(7-10)17(21)22)9-24-14(19)8-16-15(20)13-5-2-6-23-13/h1-7H,8-9H2,(H,16,20). The topological polar surface area (TPSA) is 129 Å². The van der Waals surface area contributed by atoms with Crippen molar-refractivity contribution in [2.75, 3.05) is 13.2 Å². The Morgan fingerprint density at radius 1 is 1.21 bits per heavy atom. The van der Waals surface area contributed by atoms with Crippen LogP contribution in [0.5, 0.6) is 0 Å². The predicted molar refractivity (Wildman–Crippen MR) is 79.4 cm³/mol. The summed E-state index contributed by atoms with van der Waals surface area (Å²) in [5.41, 5.74) is -0.186. The maximum absolute atomic E-state index is 11.8. The molecule has 124 valence electrons. The van der Waals surface area contributed by atoms with Gasteiger partial charge in [-0.2, -0.15) is 0 Å². The molecule has 1 heterocycles. The van der Waals surface area contributed by atoms with Crippen molar-refractivity contribution in [2.24, 2.45) is 0 Å². The first kappa shape index (κ1) is 16.9. The second-order valence-corrected chi connectivity index (χ2v) is 4.55. The molecular formula is C15H12N2O7. The Morgan fingerprint density at radius 2 is 2.00 bits per heavy atom. The van der Waals surface area contributed by atoms with Crippen LogP contribution in [0.15, 0.2) is 47.1 Å². The number of hydrogen-bond donors (Lipinski definition) is 1. The van der Waals surface area contributed by atoms with Crippen molar-refractivity contribution in [1.82, 2.24) is 5.32 Å². The first-order valence-corrected chi connectivity index (χ1v) is 6.72. The fourth-order valence-corrected chi connectivity index (χ4v) is 1.72. The number of non-ortho nitro benzene ring substituents is 1. The van der Waals surface area contributed by atoms with Gasteiger partial charge in [0.15, 0.2) is 12.4 Å². The van der Waals surface area contributed by atoms with Gasteiger partial charge in [0.05, 0.1) is 11.2 Å². The van der Waals surface area contributed by atoms with Gasteiger partial charge in [-0.3, -0.25) is 24.5 Å². The van der Waals surface area contributed by atoms with Crippen LogP contribution in [0.4, 0.5) is 5.69 Å². The fraction of sp³-hybridized carbons (Fsp3) is 0.133. The van der Waals surface area contributed by atoms with Gasteiger partial charge >= 0.3 is 5.97 Å². The number of esters is 1. The van der Waals surface area contributed by atoms with E-state index in [1.165, 1.54) is 36.6 Å². The Hall–Kier alpha value is -3.49. The summed E-state index contributed by atoms with van der Waals surface area (Å²) in [5, 5.41) is 12.9. The number of carbonyl (C=O) groups is 3. The largest absolute Gasteiger partial charge is 0.459 e. The van der Waals surface area contributed by atoms with E-state index in [1.807, 2.05) is 0 Å². The van der Waals surface area contributed by atoms with Gasteiger partial charge in [0.1, 0.15) is 6.54 Å². The summed E-state index contributed by atoms with van der Waals surface area (Å²) < 4.78 is 9.56. The summed E-state index contributed by atoms with van der Waals surface area (Å²) in [6.45, 7) is -1.03. The second-order valence-electron chi connectivity index (χ2n) is 4.55. The number of nitrogens with zero attached hydrogens (tertiary/aromatic N) is 1. The minimum atomic E-state index is -0.825. The Bertz CT molecular complexity index is 768. The number of ketones is 1. The van der Waals surface area contributed by atoms with Crippen molar-refractivity contribution >= 4 is 23.3 Å². The molecule has 1 aromatic heterocycles. The molecular weight excluding hydrogens is 320 g/mol. The van der Waals surface area contributed by atoms with Gasteiger partial charge < -0.3 is 14.5 Å². The Labute approximate surface area is 135 Å². The SMILES string of the molecule is O=C(CNC(=O)c1ccco1)OCC(=O)c1cccc([N+](=O)[O-])c1. The molecule has 1 aromatic carbocycles. The van der Waals surface area contributed by atoms with Crippen molar-refractivity contribution in [1.29, 1.82) is 0 Å². The Kier molecular flexibility index (Phi) is 5.40. The second kappa shape index (κ2) is 7.68. The van der Waals surface area contributed by atoms with Crippen LogP contribution in [0.1, 0.15) is 20.9 Å². The molecule has 0 aliphatic rings. The van der Waals surface area contributed by atoms with Crippen LogP contribution >= 0.6 is 0 Å². The first-order valence-electron chi connectivity index (χ1n) is 6.72. The number of ether oxygens (including phenoxy) is 1. The van der Waals surface area contributed by atoms with Crippen LogP contribution < -0.4 is 5.32 Å². The first-order chi connectivity index (χ1) is 11.5. The van der Waals surface area contributed by atoms with Crippen molar-refractivity contribution in [3.05, 3.63) is 64.1 Å². The zero-order chi connectivity index (χ0) is 17.5. The average Bonchev–Trinajstić information content (AvgIpc) is 3.12. The van der Waals surface area contributed by atoms with Crippen LogP contribution in [0.3, 0.4) is 0 Å². The van der Waals surface area contributed by atoms with Crippen LogP contribution in [0, 0.1) is 10.1 Å². The van der Waals surface area contributed by atoms with E-state index >= 15 is 0 Å². The highest BCUT2D eigenvalue weighted by Gasteiger charge is 2.15. The number of rotatable bonds is 7. The lowest BCUT2D eigenvalue weighted by Crippen LogP contribution is -2.31. The molecule has 0 spiro atoms. The number of nitrogens with one attached hydrogen (secondary N) is 1. The highest BCUT2D eigenvalue weighted by Crippen LogP contribution is 2.13. The van der Waals surface area contributed by atoms with Gasteiger partial charge in [0.2, 0.25) is 5.78 Å². The van der Waals surface area contributed by atoms with E-state index in [0.29, 0.717) is 0 Å². The summed E-state index contributed by atoms with van der Waals surface area (Å²) in [4.78, 5) is 44.9. The van der Waals surface area contributed by atoms with E-state index in [0.717, 1.165) is 6.07 Å². The molecule has 0 unspecified atom stereocenters. The zero-order valence-electron chi connectivity index (χ0n) is 12.3. The molecule has 0 bridgehead atoms. The normalized spacial score (nSPS) is 10.0. The molecule has 0 aliphatic carbocycles. The molecule has 24 heavy (non-hydrogen) atoms. The minimum Gasteiger partial charge on any atom is -0.459 e. The fourth-order valence-electron chi connectivity index (χ4n) is 1.72. The molecule has 0 saturated carbocycles. The monoisotopic (exact) mass is 332 g/mol. The van der Waals surface area contributed by atoms with Gasteiger partial charge in [-0.1, -0.05) is 12.1 Å². The smallest absolute Gasteiger partial charge is 0.325 e. The van der Waals surface area contributed by atoms with Gasteiger partial charge in [-0.15, -0.1) is 0 Å². The van der Waals surface area contributed by atoms with Gasteiger partial charge in [-0.25, -0.2) is 0 Å². The molecule has 0 atom stereocenters. The lowest BCUT2D eigenvalue weighted by Gasteiger charge is -2.05. The molecule has 0 saturated heterocycles. The number of amides is 1. The number of benzene rings is 1. The lowest BCUT2D eigenvalue weighted by molar-refractivity contribution is -0.384. The molecule has 2 rings (SSSR count). The summed E-state index contributed by atoms with van der Waals surface area (Å²) in [7, 11) is 0. The maximum Gasteiger partial charge on any atom is 0.325 e. The maximum atomic E-state index is 11.8. The van der Waals surface area contributed by atoms with E-state index in [4.69, 9.17) is 9.15 Å². The predicted octanol–water partition coefficient (Wildman–Crippen LogP) is 1.34. The molecule has 1 N–H and O–H groups in total. The number of furan rings is 1. The third kappa shape index (κ3) is 4.50. The van der Waals surface area contributed by atoms with Crippen molar-refractivity contribution in [2.45, 2.75) is 0 Å². The van der Waals surface area contributed by atoms with E-state index in [9.17, 15) is 24.5 Å². The third-order valence-corrected chi connectivity index (χ3v) is 2.88. The summed E-state index contributed by atoms with van der Waals surface area (Å²) in [5.74, 6) is -1.98. The molecule has 0 fully saturated rings. The Morgan fingerprint density at radius 3 is 2.67 bits per heavy atom. The van der Waals surface area contributed by atoms with Crippen LogP contribution in [-0.2, 0) is 9.53 Å². The molecule has 0 aliphatic heterocycles. The van der Waals surface area contributed by atoms with Gasteiger partial charge in [0.25, 0.3) is 11.6 Å². The van der Waals surface area contributed by atoms with Crippen molar-refractivity contribution in [3.63, 3.8) is 0 Å². The molecule has 9 nitrogen and oxygen atoms in total. The van der Waals surface area contributed by atoms with Crippen LogP contribution in [-0.4, -0.2) is 35.7 Å². The quantitative estimate of drug-likeness (QED) is 0.350.